The SMILES string of the molecule is CN1CCN(Cc2cccc(C=Cc3n[nH]c4cc(N5CCOCC5)c(NS(C)(=O)=O)cc34)c2)CC1. The van der Waals surface area contributed by atoms with Crippen LogP contribution in [0.5, 0.6) is 0 Å². The van der Waals surface area contributed by atoms with Gasteiger partial charge in [0.1, 0.15) is 0 Å². The predicted molar refractivity (Wildman–Crippen MR) is 146 cm³/mol. The summed E-state index contributed by atoms with van der Waals surface area (Å²) in [5.41, 5.74) is 5.41. The minimum atomic E-state index is -3.44. The van der Waals surface area contributed by atoms with Crippen molar-refractivity contribution in [1.82, 2.24) is 20.0 Å². The van der Waals surface area contributed by atoms with E-state index in [0.29, 0.717) is 32.0 Å². The highest BCUT2D eigenvalue weighted by molar-refractivity contribution is 7.92. The largest absolute Gasteiger partial charge is 0.378 e. The van der Waals surface area contributed by atoms with E-state index in [1.165, 1.54) is 11.8 Å². The number of ether oxygens (including phenoxy) is 1. The number of aromatic nitrogens is 2. The first-order valence-electron chi connectivity index (χ1n) is 12.3. The number of aromatic amines is 1. The molecule has 0 bridgehead atoms. The fraction of sp³-hybridized carbons (Fsp3) is 0.423. The summed E-state index contributed by atoms with van der Waals surface area (Å²) in [5.74, 6) is 0. The Morgan fingerprint density at radius 3 is 2.58 bits per heavy atom. The standard InChI is InChI=1S/C26H34N6O3S/c1-30-8-10-31(11-9-30)19-21-5-3-4-20(16-21)6-7-23-22-17-25(29-36(2,33)34)26(18-24(22)28-27-23)32-12-14-35-15-13-32/h3-7,16-18,29H,8-15,19H2,1-2H3,(H,27,28). The molecule has 10 heteroatoms. The van der Waals surface area contributed by atoms with Crippen LogP contribution in [-0.4, -0.2) is 94.2 Å². The molecular weight excluding hydrogens is 476 g/mol. The number of morpholine rings is 1. The third-order valence-electron chi connectivity index (χ3n) is 6.74. The van der Waals surface area contributed by atoms with Crippen LogP contribution in [-0.2, 0) is 21.3 Å². The Kier molecular flexibility index (Phi) is 7.29. The average molecular weight is 511 g/mol. The fourth-order valence-corrected chi connectivity index (χ4v) is 5.35. The minimum Gasteiger partial charge on any atom is -0.378 e. The van der Waals surface area contributed by atoms with E-state index in [2.05, 4.69) is 67.0 Å². The topological polar surface area (TPSA) is 93.8 Å². The molecule has 192 valence electrons. The van der Waals surface area contributed by atoms with Gasteiger partial charge in [0.25, 0.3) is 0 Å². The number of hydrogen-bond acceptors (Lipinski definition) is 7. The van der Waals surface area contributed by atoms with E-state index < -0.39 is 10.0 Å². The number of nitrogens with zero attached hydrogens (tertiary/aromatic N) is 4. The molecule has 1 aromatic heterocycles. The molecule has 2 aliphatic rings. The van der Waals surface area contributed by atoms with Crippen molar-refractivity contribution < 1.29 is 13.2 Å². The lowest BCUT2D eigenvalue weighted by Crippen LogP contribution is -2.43. The van der Waals surface area contributed by atoms with Gasteiger partial charge in [-0.1, -0.05) is 30.3 Å². The van der Waals surface area contributed by atoms with Crippen molar-refractivity contribution in [3.8, 4) is 0 Å². The lowest BCUT2D eigenvalue weighted by Gasteiger charge is -2.32. The molecular formula is C26H34N6O3S. The van der Waals surface area contributed by atoms with Gasteiger partial charge < -0.3 is 14.5 Å². The van der Waals surface area contributed by atoms with Crippen molar-refractivity contribution in [2.24, 2.45) is 0 Å². The van der Waals surface area contributed by atoms with Crippen LogP contribution in [0.4, 0.5) is 11.4 Å². The number of likely N-dealkylation sites (N-methyl/N-ethyl adjacent to an activating group) is 1. The highest BCUT2D eigenvalue weighted by Gasteiger charge is 2.19. The van der Waals surface area contributed by atoms with E-state index >= 15 is 0 Å². The molecule has 0 radical (unpaired) electrons. The van der Waals surface area contributed by atoms with Crippen molar-refractivity contribution >= 4 is 44.5 Å². The molecule has 0 saturated carbocycles. The molecule has 2 saturated heterocycles. The number of nitrogens with one attached hydrogen (secondary N) is 2. The van der Waals surface area contributed by atoms with E-state index in [1.54, 1.807) is 0 Å². The van der Waals surface area contributed by atoms with Gasteiger partial charge in [-0.2, -0.15) is 5.10 Å². The lowest BCUT2D eigenvalue weighted by atomic mass is 10.1. The lowest BCUT2D eigenvalue weighted by molar-refractivity contribution is 0.123. The zero-order valence-electron chi connectivity index (χ0n) is 20.9. The summed E-state index contributed by atoms with van der Waals surface area (Å²) in [6.45, 7) is 7.97. The zero-order chi connectivity index (χ0) is 25.1. The average Bonchev–Trinajstić information content (AvgIpc) is 3.25. The van der Waals surface area contributed by atoms with Gasteiger partial charge in [0.2, 0.25) is 10.0 Å². The minimum absolute atomic E-state index is 0.553. The quantitative estimate of drug-likeness (QED) is 0.505. The second kappa shape index (κ2) is 10.6. The van der Waals surface area contributed by atoms with E-state index in [0.717, 1.165) is 60.6 Å². The number of sulfonamides is 1. The first kappa shape index (κ1) is 24.8. The van der Waals surface area contributed by atoms with Crippen LogP contribution in [0.2, 0.25) is 0 Å². The van der Waals surface area contributed by atoms with Crippen molar-refractivity contribution in [2.45, 2.75) is 6.54 Å². The highest BCUT2D eigenvalue weighted by atomic mass is 32.2. The molecule has 0 unspecified atom stereocenters. The Balaban J connectivity index is 1.39. The summed E-state index contributed by atoms with van der Waals surface area (Å²) in [6.07, 6.45) is 5.21. The van der Waals surface area contributed by atoms with Gasteiger partial charge in [0.05, 0.1) is 42.1 Å². The summed E-state index contributed by atoms with van der Waals surface area (Å²) < 4.78 is 32.4. The number of anilines is 2. The summed E-state index contributed by atoms with van der Waals surface area (Å²) in [4.78, 5) is 7.00. The number of H-pyrrole nitrogens is 1. The van der Waals surface area contributed by atoms with Gasteiger partial charge in [-0.25, -0.2) is 8.42 Å². The van der Waals surface area contributed by atoms with Crippen LogP contribution in [0, 0.1) is 0 Å². The molecule has 2 aliphatic heterocycles. The Morgan fingerprint density at radius 2 is 1.83 bits per heavy atom. The maximum absolute atomic E-state index is 12.1. The second-order valence-corrected chi connectivity index (χ2v) is 11.4. The van der Waals surface area contributed by atoms with Crippen molar-refractivity contribution in [1.29, 1.82) is 0 Å². The molecule has 2 fully saturated rings. The Morgan fingerprint density at radius 1 is 1.06 bits per heavy atom. The maximum atomic E-state index is 12.1. The van der Waals surface area contributed by atoms with Gasteiger partial charge in [0.15, 0.2) is 0 Å². The van der Waals surface area contributed by atoms with E-state index in [4.69, 9.17) is 4.74 Å². The molecule has 2 aromatic carbocycles. The first-order valence-corrected chi connectivity index (χ1v) is 14.2. The van der Waals surface area contributed by atoms with Gasteiger partial charge in [-0.15, -0.1) is 0 Å². The molecule has 0 aliphatic carbocycles. The second-order valence-electron chi connectivity index (χ2n) is 9.66. The van der Waals surface area contributed by atoms with E-state index in [-0.39, 0.29) is 0 Å². The Hall–Kier alpha value is -2.92. The number of benzene rings is 2. The normalized spacial score (nSPS) is 18.3. The van der Waals surface area contributed by atoms with E-state index in [9.17, 15) is 8.42 Å². The maximum Gasteiger partial charge on any atom is 0.229 e. The van der Waals surface area contributed by atoms with Gasteiger partial charge in [0, 0.05) is 51.2 Å². The highest BCUT2D eigenvalue weighted by Crippen LogP contribution is 2.33. The predicted octanol–water partition coefficient (Wildman–Crippen LogP) is 2.69. The number of rotatable bonds is 7. The van der Waals surface area contributed by atoms with Crippen LogP contribution < -0.4 is 9.62 Å². The van der Waals surface area contributed by atoms with Gasteiger partial charge >= 0.3 is 0 Å². The van der Waals surface area contributed by atoms with Crippen molar-refractivity contribution in [3.63, 3.8) is 0 Å². The summed E-state index contributed by atoms with van der Waals surface area (Å²) in [7, 11) is -1.27. The molecule has 36 heavy (non-hydrogen) atoms. The van der Waals surface area contributed by atoms with Gasteiger partial charge in [-0.3, -0.25) is 14.7 Å². The van der Waals surface area contributed by atoms with Gasteiger partial charge in [-0.05, 0) is 36.4 Å². The van der Waals surface area contributed by atoms with Crippen LogP contribution in [0.1, 0.15) is 16.8 Å². The van der Waals surface area contributed by atoms with E-state index in [1.807, 2.05) is 18.2 Å². The van der Waals surface area contributed by atoms with Crippen LogP contribution >= 0.6 is 0 Å². The van der Waals surface area contributed by atoms with Crippen LogP contribution in [0.3, 0.4) is 0 Å². The zero-order valence-corrected chi connectivity index (χ0v) is 21.7. The summed E-state index contributed by atoms with van der Waals surface area (Å²) in [5, 5.41) is 8.49. The third kappa shape index (κ3) is 6.07. The van der Waals surface area contributed by atoms with Crippen LogP contribution in [0.15, 0.2) is 36.4 Å². The first-order chi connectivity index (χ1) is 17.3. The van der Waals surface area contributed by atoms with Crippen LogP contribution in [0.25, 0.3) is 23.1 Å². The number of piperazine rings is 1. The molecule has 0 spiro atoms. The molecule has 9 nitrogen and oxygen atoms in total. The number of fused-ring (bicyclic) bond motifs is 1. The Labute approximate surface area is 212 Å². The summed E-state index contributed by atoms with van der Waals surface area (Å²) in [6, 6.07) is 12.4. The smallest absolute Gasteiger partial charge is 0.229 e. The third-order valence-corrected chi connectivity index (χ3v) is 7.33. The van der Waals surface area contributed by atoms with Crippen molar-refractivity contribution in [2.75, 3.05) is 75.4 Å². The summed E-state index contributed by atoms with van der Waals surface area (Å²) >= 11 is 0. The molecule has 3 aromatic rings. The molecule has 0 amide bonds. The fourth-order valence-electron chi connectivity index (χ4n) is 4.78. The Bertz CT molecular complexity index is 1340. The molecule has 5 rings (SSSR count). The molecule has 3 heterocycles. The monoisotopic (exact) mass is 510 g/mol. The number of hydrogen-bond donors (Lipinski definition) is 2. The van der Waals surface area contributed by atoms with Crippen molar-refractivity contribution in [3.05, 3.63) is 53.2 Å². The molecule has 2 N–H and O–H groups in total. The molecule has 0 atom stereocenters.